The first-order chi connectivity index (χ1) is 12.7. The fourth-order valence-corrected chi connectivity index (χ4v) is 4.02. The van der Waals surface area contributed by atoms with Gasteiger partial charge in [-0.2, -0.15) is 16.6 Å². The van der Waals surface area contributed by atoms with Gasteiger partial charge in [-0.1, -0.05) is 12.1 Å². The second kappa shape index (κ2) is 6.72. The summed E-state index contributed by atoms with van der Waals surface area (Å²) < 4.78 is 2.23. The molecular formula is C18H17N5O2S. The van der Waals surface area contributed by atoms with Gasteiger partial charge >= 0.3 is 5.97 Å². The summed E-state index contributed by atoms with van der Waals surface area (Å²) in [5.74, 6) is -0.256. The predicted octanol–water partition coefficient (Wildman–Crippen LogP) is 3.39. The van der Waals surface area contributed by atoms with Crippen molar-refractivity contribution >= 4 is 28.2 Å². The molecule has 0 saturated carbocycles. The molecule has 4 aromatic rings. The Hall–Kier alpha value is -3.00. The van der Waals surface area contributed by atoms with E-state index in [1.165, 1.54) is 0 Å². The molecule has 132 valence electrons. The van der Waals surface area contributed by atoms with Crippen LogP contribution in [0.2, 0.25) is 0 Å². The molecule has 7 nitrogen and oxygen atoms in total. The molecule has 0 bridgehead atoms. The van der Waals surface area contributed by atoms with Crippen molar-refractivity contribution in [3.05, 3.63) is 52.0 Å². The lowest BCUT2D eigenvalue weighted by Gasteiger charge is -2.10. The third-order valence-corrected chi connectivity index (χ3v) is 5.19. The topological polar surface area (TPSA) is 96.7 Å². The minimum absolute atomic E-state index is 0.305. The van der Waals surface area contributed by atoms with Crippen LogP contribution in [0.15, 0.2) is 35.0 Å². The van der Waals surface area contributed by atoms with Gasteiger partial charge in [-0.25, -0.2) is 4.79 Å². The summed E-state index contributed by atoms with van der Waals surface area (Å²) in [6.07, 6.45) is 1.46. The molecule has 0 spiro atoms. The van der Waals surface area contributed by atoms with Gasteiger partial charge < -0.3 is 9.67 Å². The number of nitrogens with zero attached hydrogens (tertiary/aromatic N) is 4. The summed E-state index contributed by atoms with van der Waals surface area (Å²) in [5, 5.41) is 28.7. The number of carboxylic acids is 1. The molecule has 0 aliphatic carbocycles. The highest BCUT2D eigenvalue weighted by molar-refractivity contribution is 7.08. The van der Waals surface area contributed by atoms with E-state index in [1.807, 2.05) is 6.07 Å². The number of carbonyl (C=O) groups is 1. The third kappa shape index (κ3) is 2.78. The first kappa shape index (κ1) is 16.5. The number of H-pyrrole nitrogens is 1. The zero-order valence-electron chi connectivity index (χ0n) is 14.1. The number of rotatable bonds is 6. The largest absolute Gasteiger partial charge is 0.478 e. The number of aromatic amines is 1. The van der Waals surface area contributed by atoms with Gasteiger partial charge in [0.25, 0.3) is 0 Å². The first-order valence-electron chi connectivity index (χ1n) is 8.32. The lowest BCUT2D eigenvalue weighted by Crippen LogP contribution is -2.05. The molecule has 0 saturated heterocycles. The Morgan fingerprint density at radius 2 is 2.23 bits per heavy atom. The maximum atomic E-state index is 11.4. The minimum Gasteiger partial charge on any atom is -0.478 e. The number of fused-ring (bicyclic) bond motifs is 1. The van der Waals surface area contributed by atoms with Crippen LogP contribution in [0.5, 0.6) is 0 Å². The van der Waals surface area contributed by atoms with E-state index in [0.29, 0.717) is 24.4 Å². The smallest absolute Gasteiger partial charge is 0.335 e. The van der Waals surface area contributed by atoms with Gasteiger partial charge in [0.05, 0.1) is 11.3 Å². The Labute approximate surface area is 153 Å². The molecule has 1 aromatic carbocycles. The summed E-state index contributed by atoms with van der Waals surface area (Å²) in [5.41, 5.74) is 4.77. The van der Waals surface area contributed by atoms with Gasteiger partial charge in [0.15, 0.2) is 5.82 Å². The van der Waals surface area contributed by atoms with Crippen LogP contribution in [0, 0.1) is 0 Å². The van der Waals surface area contributed by atoms with Crippen LogP contribution in [0.1, 0.15) is 28.7 Å². The van der Waals surface area contributed by atoms with Crippen LogP contribution in [0.3, 0.4) is 0 Å². The van der Waals surface area contributed by atoms with Crippen LogP contribution in [-0.2, 0) is 19.4 Å². The van der Waals surface area contributed by atoms with Crippen molar-refractivity contribution in [2.45, 2.75) is 26.3 Å². The Balaban J connectivity index is 1.91. The predicted molar refractivity (Wildman–Crippen MR) is 99.5 cm³/mol. The monoisotopic (exact) mass is 367 g/mol. The second-order valence-electron chi connectivity index (χ2n) is 5.96. The number of tetrazole rings is 1. The zero-order valence-corrected chi connectivity index (χ0v) is 15.0. The summed E-state index contributed by atoms with van der Waals surface area (Å²) in [6.45, 7) is 2.79. The number of aryl methyl sites for hydroxylation is 3. The lowest BCUT2D eigenvalue weighted by atomic mass is 10.0. The van der Waals surface area contributed by atoms with E-state index in [2.05, 4.69) is 48.9 Å². The van der Waals surface area contributed by atoms with E-state index >= 15 is 0 Å². The number of benzene rings is 1. The van der Waals surface area contributed by atoms with Crippen molar-refractivity contribution in [3.8, 4) is 11.3 Å². The molecule has 26 heavy (non-hydrogen) atoms. The molecule has 0 radical (unpaired) electrons. The van der Waals surface area contributed by atoms with Gasteiger partial charge in [0.2, 0.25) is 0 Å². The number of nitrogens with one attached hydrogen (secondary N) is 1. The molecule has 8 heteroatoms. The van der Waals surface area contributed by atoms with Crippen molar-refractivity contribution in [1.82, 2.24) is 25.2 Å². The average Bonchev–Trinajstić information content (AvgIpc) is 3.38. The van der Waals surface area contributed by atoms with Crippen LogP contribution in [0.25, 0.3) is 22.2 Å². The Morgan fingerprint density at radius 3 is 2.88 bits per heavy atom. The number of thiophene rings is 1. The van der Waals surface area contributed by atoms with Crippen LogP contribution in [-0.4, -0.2) is 36.3 Å². The number of carboxylic acid groups (broad SMARTS) is 1. The molecule has 0 atom stereocenters. The normalized spacial score (nSPS) is 11.3. The quantitative estimate of drug-likeness (QED) is 0.544. The molecular weight excluding hydrogens is 350 g/mol. The molecule has 2 N–H and O–H groups in total. The number of aromatic carboxylic acids is 1. The molecule has 3 heterocycles. The van der Waals surface area contributed by atoms with Gasteiger partial charge in [0.1, 0.15) is 0 Å². The van der Waals surface area contributed by atoms with Gasteiger partial charge in [0, 0.05) is 34.8 Å². The number of hydrogen-bond donors (Lipinski definition) is 2. The average molecular weight is 367 g/mol. The molecule has 0 unspecified atom stereocenters. The molecule has 0 fully saturated rings. The zero-order chi connectivity index (χ0) is 18.1. The second-order valence-corrected chi connectivity index (χ2v) is 6.74. The lowest BCUT2D eigenvalue weighted by molar-refractivity contribution is 0.0697. The third-order valence-electron chi connectivity index (χ3n) is 4.51. The standard InChI is InChI=1S/C18H17N5O2S/c1-2-13-14-9-11(18(24)25)3-4-15(14)23(7-5-16-19-21-22-20-16)17(13)12-6-8-26-10-12/h3-4,6,8-10H,2,5,7H2,1H3,(H,24,25)(H,19,20,21,22). The molecule has 0 amide bonds. The molecule has 4 rings (SSSR count). The summed E-state index contributed by atoms with van der Waals surface area (Å²) in [6, 6.07) is 7.43. The van der Waals surface area contributed by atoms with Crippen molar-refractivity contribution in [2.75, 3.05) is 0 Å². The summed E-state index contributed by atoms with van der Waals surface area (Å²) >= 11 is 1.65. The summed E-state index contributed by atoms with van der Waals surface area (Å²) in [4.78, 5) is 11.4. The minimum atomic E-state index is -0.911. The van der Waals surface area contributed by atoms with Gasteiger partial charge in [-0.05, 0) is 41.6 Å². The van der Waals surface area contributed by atoms with E-state index in [-0.39, 0.29) is 0 Å². The van der Waals surface area contributed by atoms with E-state index in [4.69, 9.17) is 0 Å². The fraction of sp³-hybridized carbons (Fsp3) is 0.222. The molecule has 3 aromatic heterocycles. The highest BCUT2D eigenvalue weighted by atomic mass is 32.1. The van der Waals surface area contributed by atoms with Crippen molar-refractivity contribution < 1.29 is 9.90 Å². The maximum Gasteiger partial charge on any atom is 0.335 e. The fourth-order valence-electron chi connectivity index (χ4n) is 3.38. The van der Waals surface area contributed by atoms with E-state index < -0.39 is 5.97 Å². The van der Waals surface area contributed by atoms with Crippen molar-refractivity contribution in [2.24, 2.45) is 0 Å². The van der Waals surface area contributed by atoms with Crippen molar-refractivity contribution in [3.63, 3.8) is 0 Å². The molecule has 0 aliphatic rings. The van der Waals surface area contributed by atoms with E-state index in [9.17, 15) is 9.90 Å². The number of hydrogen-bond acceptors (Lipinski definition) is 5. The van der Waals surface area contributed by atoms with E-state index in [1.54, 1.807) is 23.5 Å². The Kier molecular flexibility index (Phi) is 4.26. The van der Waals surface area contributed by atoms with Crippen LogP contribution in [0.4, 0.5) is 0 Å². The van der Waals surface area contributed by atoms with Crippen LogP contribution >= 0.6 is 11.3 Å². The Morgan fingerprint density at radius 1 is 1.35 bits per heavy atom. The highest BCUT2D eigenvalue weighted by Gasteiger charge is 2.19. The summed E-state index contributed by atoms with van der Waals surface area (Å²) in [7, 11) is 0. The SMILES string of the molecule is CCc1c(-c2ccsc2)n(CCc2nn[nH]n2)c2ccc(C(=O)O)cc12. The van der Waals surface area contributed by atoms with Gasteiger partial charge in [-0.15, -0.1) is 10.2 Å². The Bertz CT molecular complexity index is 1050. The maximum absolute atomic E-state index is 11.4. The highest BCUT2D eigenvalue weighted by Crippen LogP contribution is 2.36. The first-order valence-corrected chi connectivity index (χ1v) is 9.26. The number of aromatic nitrogens is 5. The van der Waals surface area contributed by atoms with Crippen LogP contribution < -0.4 is 0 Å². The molecule has 0 aliphatic heterocycles. The van der Waals surface area contributed by atoms with Gasteiger partial charge in [-0.3, -0.25) is 0 Å². The van der Waals surface area contributed by atoms with Crippen molar-refractivity contribution in [1.29, 1.82) is 0 Å². The van der Waals surface area contributed by atoms with E-state index in [0.717, 1.165) is 34.1 Å².